The van der Waals surface area contributed by atoms with Gasteiger partial charge in [0.2, 0.25) is 0 Å². The first-order chi connectivity index (χ1) is 6.45. The first kappa shape index (κ1) is 10.8. The van der Waals surface area contributed by atoms with E-state index in [1.54, 1.807) is 0 Å². The van der Waals surface area contributed by atoms with Crippen molar-refractivity contribution in [2.75, 3.05) is 0 Å². The number of carbonyl (C=O) groups excluding carboxylic acids is 1. The van der Waals surface area contributed by atoms with Crippen molar-refractivity contribution in [2.45, 2.75) is 6.43 Å². The maximum Gasteiger partial charge on any atom is 0.268 e. The number of rotatable bonds is 2. The highest BCUT2D eigenvalue weighted by molar-refractivity contribution is 6.32. The van der Waals surface area contributed by atoms with E-state index in [9.17, 15) is 18.0 Å². The van der Waals surface area contributed by atoms with Crippen molar-refractivity contribution in [1.29, 1.82) is 0 Å². The van der Waals surface area contributed by atoms with E-state index in [-0.39, 0.29) is 0 Å². The molecule has 0 unspecified atom stereocenters. The molecule has 1 aromatic heterocycles. The van der Waals surface area contributed by atoms with E-state index in [0.29, 0.717) is 6.20 Å². The fourth-order valence-corrected chi connectivity index (χ4v) is 1.07. The minimum absolute atomic E-state index is 0.528. The Balaban J connectivity index is 3.41. The molecule has 0 aromatic carbocycles. The smallest absolute Gasteiger partial charge is 0.268 e. The molecule has 2 N–H and O–H groups in total. The van der Waals surface area contributed by atoms with Gasteiger partial charge in [0.1, 0.15) is 16.5 Å². The average molecular weight is 225 g/mol. The summed E-state index contributed by atoms with van der Waals surface area (Å²) in [6.45, 7) is 0. The number of alkyl halides is 2. The SMILES string of the molecule is NC(=O)c1c(Cl)ncc(C(F)F)c1F. The van der Waals surface area contributed by atoms with E-state index in [0.717, 1.165) is 0 Å². The fourth-order valence-electron chi connectivity index (χ4n) is 0.844. The Morgan fingerprint density at radius 3 is 2.57 bits per heavy atom. The molecule has 1 heterocycles. The standard InChI is InChI=1S/C7H4ClF3N2O/c8-5-3(7(12)14)4(9)2(1-13-5)6(10)11/h1,6H,(H2,12,14). The van der Waals surface area contributed by atoms with Gasteiger partial charge >= 0.3 is 0 Å². The second-order valence-electron chi connectivity index (χ2n) is 2.36. The van der Waals surface area contributed by atoms with Crippen LogP contribution in [-0.2, 0) is 0 Å². The van der Waals surface area contributed by atoms with Crippen molar-refractivity contribution in [3.63, 3.8) is 0 Å². The molecule has 1 rings (SSSR count). The highest BCUT2D eigenvalue weighted by Crippen LogP contribution is 2.26. The first-order valence-electron chi connectivity index (χ1n) is 3.37. The molecule has 0 fully saturated rings. The first-order valence-corrected chi connectivity index (χ1v) is 3.74. The summed E-state index contributed by atoms with van der Waals surface area (Å²) in [5.41, 5.74) is 2.92. The molecule has 0 radical (unpaired) electrons. The summed E-state index contributed by atoms with van der Waals surface area (Å²) in [5, 5.41) is -0.528. The molecule has 1 aromatic rings. The predicted molar refractivity (Wildman–Crippen MR) is 42.7 cm³/mol. The molecule has 0 saturated heterocycles. The minimum Gasteiger partial charge on any atom is -0.365 e. The summed E-state index contributed by atoms with van der Waals surface area (Å²) >= 11 is 5.30. The number of hydrogen-bond acceptors (Lipinski definition) is 2. The Kier molecular flexibility index (Phi) is 2.95. The van der Waals surface area contributed by atoms with Crippen LogP contribution in [0.5, 0.6) is 0 Å². The van der Waals surface area contributed by atoms with E-state index in [2.05, 4.69) is 4.98 Å². The van der Waals surface area contributed by atoms with Crippen molar-refractivity contribution in [3.8, 4) is 0 Å². The van der Waals surface area contributed by atoms with Gasteiger partial charge in [-0.15, -0.1) is 0 Å². The lowest BCUT2D eigenvalue weighted by Gasteiger charge is -2.05. The van der Waals surface area contributed by atoms with Crippen LogP contribution in [0.4, 0.5) is 13.2 Å². The van der Waals surface area contributed by atoms with Crippen molar-refractivity contribution >= 4 is 17.5 Å². The van der Waals surface area contributed by atoms with E-state index < -0.39 is 34.4 Å². The quantitative estimate of drug-likeness (QED) is 0.780. The molecular weight excluding hydrogens is 221 g/mol. The molecule has 0 aliphatic heterocycles. The normalized spacial score (nSPS) is 10.6. The zero-order valence-corrected chi connectivity index (χ0v) is 7.36. The largest absolute Gasteiger partial charge is 0.365 e. The number of nitrogens with two attached hydrogens (primary N) is 1. The van der Waals surface area contributed by atoms with Crippen LogP contribution in [-0.4, -0.2) is 10.9 Å². The highest BCUT2D eigenvalue weighted by atomic mass is 35.5. The second-order valence-corrected chi connectivity index (χ2v) is 2.72. The lowest BCUT2D eigenvalue weighted by Crippen LogP contribution is -2.16. The van der Waals surface area contributed by atoms with Gasteiger partial charge in [-0.25, -0.2) is 18.2 Å². The zero-order chi connectivity index (χ0) is 10.9. The number of amides is 1. The summed E-state index contributed by atoms with van der Waals surface area (Å²) in [4.78, 5) is 13.9. The van der Waals surface area contributed by atoms with Crippen LogP contribution in [0.3, 0.4) is 0 Å². The van der Waals surface area contributed by atoms with Crippen molar-refractivity contribution in [3.05, 3.63) is 28.3 Å². The Morgan fingerprint density at radius 1 is 1.57 bits per heavy atom. The number of aromatic nitrogens is 1. The number of halogens is 4. The van der Waals surface area contributed by atoms with E-state index in [4.69, 9.17) is 17.3 Å². The number of hydrogen-bond donors (Lipinski definition) is 1. The Labute approximate surface area is 81.7 Å². The molecule has 3 nitrogen and oxygen atoms in total. The van der Waals surface area contributed by atoms with Gasteiger partial charge in [-0.2, -0.15) is 0 Å². The van der Waals surface area contributed by atoms with Gasteiger partial charge in [0.25, 0.3) is 12.3 Å². The molecule has 0 atom stereocenters. The Hall–Kier alpha value is -1.30. The lowest BCUT2D eigenvalue weighted by molar-refractivity contribution is 0.0994. The number of pyridine rings is 1. The van der Waals surface area contributed by atoms with Crippen LogP contribution >= 0.6 is 11.6 Å². The van der Waals surface area contributed by atoms with E-state index >= 15 is 0 Å². The monoisotopic (exact) mass is 224 g/mol. The van der Waals surface area contributed by atoms with E-state index in [1.165, 1.54) is 0 Å². The second kappa shape index (κ2) is 3.83. The van der Waals surface area contributed by atoms with Gasteiger partial charge in [0.15, 0.2) is 0 Å². The molecule has 14 heavy (non-hydrogen) atoms. The lowest BCUT2D eigenvalue weighted by atomic mass is 10.2. The van der Waals surface area contributed by atoms with Gasteiger partial charge in [0.05, 0.1) is 5.56 Å². The molecule has 0 bridgehead atoms. The van der Waals surface area contributed by atoms with Crippen LogP contribution < -0.4 is 5.73 Å². The van der Waals surface area contributed by atoms with Gasteiger partial charge in [-0.3, -0.25) is 4.79 Å². The fraction of sp³-hybridized carbons (Fsp3) is 0.143. The average Bonchev–Trinajstić information content (AvgIpc) is 2.02. The molecule has 0 saturated carbocycles. The summed E-state index contributed by atoms with van der Waals surface area (Å²) < 4.78 is 37.4. The third-order valence-corrected chi connectivity index (χ3v) is 1.76. The maximum absolute atomic E-state index is 13.1. The Morgan fingerprint density at radius 2 is 2.14 bits per heavy atom. The summed E-state index contributed by atoms with van der Waals surface area (Å²) in [6, 6.07) is 0. The van der Waals surface area contributed by atoms with Crippen molar-refractivity contribution in [1.82, 2.24) is 4.98 Å². The zero-order valence-electron chi connectivity index (χ0n) is 6.60. The van der Waals surface area contributed by atoms with Crippen LogP contribution in [0.1, 0.15) is 22.3 Å². The van der Waals surface area contributed by atoms with Gasteiger partial charge in [0, 0.05) is 6.20 Å². The topological polar surface area (TPSA) is 56.0 Å². The summed E-state index contributed by atoms with van der Waals surface area (Å²) in [6.07, 6.45) is -2.51. The predicted octanol–water partition coefficient (Wildman–Crippen LogP) is 1.91. The van der Waals surface area contributed by atoms with Gasteiger partial charge in [-0.05, 0) is 0 Å². The van der Waals surface area contributed by atoms with Crippen LogP contribution in [0.15, 0.2) is 6.20 Å². The molecular formula is C7H4ClF3N2O. The number of carbonyl (C=O) groups is 1. The molecule has 0 aliphatic rings. The molecule has 7 heteroatoms. The van der Waals surface area contributed by atoms with Crippen molar-refractivity contribution < 1.29 is 18.0 Å². The van der Waals surface area contributed by atoms with Gasteiger partial charge < -0.3 is 5.73 Å². The molecule has 0 spiro atoms. The molecule has 1 amide bonds. The van der Waals surface area contributed by atoms with Crippen LogP contribution in [0, 0.1) is 5.82 Å². The summed E-state index contributed by atoms with van der Waals surface area (Å²) in [5.74, 6) is -2.66. The van der Waals surface area contributed by atoms with E-state index in [1.807, 2.05) is 0 Å². The molecule has 76 valence electrons. The molecule has 0 aliphatic carbocycles. The summed E-state index contributed by atoms with van der Waals surface area (Å²) in [7, 11) is 0. The third-order valence-electron chi connectivity index (χ3n) is 1.48. The van der Waals surface area contributed by atoms with Crippen LogP contribution in [0.2, 0.25) is 5.15 Å². The van der Waals surface area contributed by atoms with Crippen molar-refractivity contribution in [2.24, 2.45) is 5.73 Å². The minimum atomic E-state index is -3.07. The highest BCUT2D eigenvalue weighted by Gasteiger charge is 2.22. The Bertz CT molecular complexity index is 383. The number of primary amides is 1. The van der Waals surface area contributed by atoms with Gasteiger partial charge in [-0.1, -0.05) is 11.6 Å². The maximum atomic E-state index is 13.1. The van der Waals surface area contributed by atoms with Crippen LogP contribution in [0.25, 0.3) is 0 Å². The third kappa shape index (κ3) is 1.79. The number of nitrogens with zero attached hydrogens (tertiary/aromatic N) is 1.